The van der Waals surface area contributed by atoms with Crippen molar-refractivity contribution in [2.45, 2.75) is 25.3 Å². The monoisotopic (exact) mass is 268 g/mol. The van der Waals surface area contributed by atoms with E-state index in [0.29, 0.717) is 23.2 Å². The Balaban J connectivity index is 2.08. The van der Waals surface area contributed by atoms with Crippen LogP contribution in [0.2, 0.25) is 5.02 Å². The maximum atomic E-state index is 11.1. The Bertz CT molecular complexity index is 451. The van der Waals surface area contributed by atoms with Gasteiger partial charge in [0.2, 0.25) is 0 Å². The van der Waals surface area contributed by atoms with Crippen molar-refractivity contribution in [1.82, 2.24) is 0 Å². The quantitative estimate of drug-likeness (QED) is 0.785. The van der Waals surface area contributed by atoms with Gasteiger partial charge < -0.3 is 16.2 Å². The summed E-state index contributed by atoms with van der Waals surface area (Å²) in [6, 6.07) is 4.95. The first-order chi connectivity index (χ1) is 8.58. The minimum Gasteiger partial charge on any atom is -0.478 e. The van der Waals surface area contributed by atoms with Gasteiger partial charge >= 0.3 is 5.97 Å². The van der Waals surface area contributed by atoms with Gasteiger partial charge in [0.15, 0.2) is 0 Å². The van der Waals surface area contributed by atoms with Crippen molar-refractivity contribution in [2.75, 3.05) is 11.9 Å². The van der Waals surface area contributed by atoms with E-state index in [4.69, 9.17) is 22.4 Å². The Hall–Kier alpha value is -1.26. The maximum Gasteiger partial charge on any atom is 0.337 e. The van der Waals surface area contributed by atoms with E-state index in [1.807, 2.05) is 0 Å². The fourth-order valence-corrected chi connectivity index (χ4v) is 2.58. The molecule has 0 saturated heterocycles. The summed E-state index contributed by atoms with van der Waals surface area (Å²) in [5.74, 6) is -0.546. The van der Waals surface area contributed by atoms with Crippen LogP contribution < -0.4 is 11.1 Å². The summed E-state index contributed by atoms with van der Waals surface area (Å²) in [5.41, 5.74) is 6.79. The number of hydrogen-bond donors (Lipinski definition) is 3. The zero-order chi connectivity index (χ0) is 13.1. The Morgan fingerprint density at radius 3 is 2.89 bits per heavy atom. The molecule has 1 aliphatic rings. The molecule has 98 valence electrons. The molecule has 0 aliphatic heterocycles. The van der Waals surface area contributed by atoms with Gasteiger partial charge in [0, 0.05) is 17.6 Å². The van der Waals surface area contributed by atoms with E-state index in [0.717, 1.165) is 19.3 Å². The first kappa shape index (κ1) is 13.2. The smallest absolute Gasteiger partial charge is 0.337 e. The van der Waals surface area contributed by atoms with Crippen LogP contribution in [0.4, 0.5) is 5.69 Å². The molecule has 2 rings (SSSR count). The van der Waals surface area contributed by atoms with Gasteiger partial charge in [-0.15, -0.1) is 0 Å². The first-order valence-electron chi connectivity index (χ1n) is 6.10. The van der Waals surface area contributed by atoms with Gasteiger partial charge in [0.25, 0.3) is 0 Å². The molecule has 1 saturated carbocycles. The Morgan fingerprint density at radius 1 is 1.50 bits per heavy atom. The van der Waals surface area contributed by atoms with Gasteiger partial charge in [-0.2, -0.15) is 0 Å². The predicted molar refractivity (Wildman–Crippen MR) is 72.2 cm³/mol. The first-order valence-corrected chi connectivity index (χ1v) is 6.48. The molecule has 18 heavy (non-hydrogen) atoms. The Morgan fingerprint density at radius 2 is 2.28 bits per heavy atom. The topological polar surface area (TPSA) is 75.3 Å². The van der Waals surface area contributed by atoms with Crippen LogP contribution in [0, 0.1) is 5.92 Å². The molecule has 1 fully saturated rings. The van der Waals surface area contributed by atoms with Crippen molar-refractivity contribution in [3.8, 4) is 0 Å². The molecular formula is C13H17ClN2O2. The second kappa shape index (κ2) is 5.59. The number of carboxylic acid groups (broad SMARTS) is 1. The highest BCUT2D eigenvalue weighted by Crippen LogP contribution is 2.26. The standard InChI is InChI=1S/C13H17ClN2O2/c14-9-4-5-10(13(17)18)12(6-9)16-7-8-2-1-3-11(8)15/h4-6,8,11,16H,1-3,7,15H2,(H,17,18)/t8-,11-/m0/s1. The molecule has 0 unspecified atom stereocenters. The van der Waals surface area contributed by atoms with Crippen LogP contribution in [-0.2, 0) is 0 Å². The number of carboxylic acids is 1. The van der Waals surface area contributed by atoms with Gasteiger partial charge in [-0.3, -0.25) is 0 Å². The highest BCUT2D eigenvalue weighted by molar-refractivity contribution is 6.31. The summed E-state index contributed by atoms with van der Waals surface area (Å²) in [6.45, 7) is 0.696. The van der Waals surface area contributed by atoms with Crippen LogP contribution in [0.5, 0.6) is 0 Å². The van der Waals surface area contributed by atoms with Crippen LogP contribution in [0.3, 0.4) is 0 Å². The fraction of sp³-hybridized carbons (Fsp3) is 0.462. The van der Waals surface area contributed by atoms with Crippen molar-refractivity contribution in [2.24, 2.45) is 11.7 Å². The molecule has 4 nitrogen and oxygen atoms in total. The van der Waals surface area contributed by atoms with Gasteiger partial charge in [-0.25, -0.2) is 4.79 Å². The van der Waals surface area contributed by atoms with Crippen LogP contribution >= 0.6 is 11.6 Å². The molecule has 0 bridgehead atoms. The van der Waals surface area contributed by atoms with Crippen molar-refractivity contribution >= 4 is 23.3 Å². The lowest BCUT2D eigenvalue weighted by Gasteiger charge is -2.17. The summed E-state index contributed by atoms with van der Waals surface area (Å²) in [6.07, 6.45) is 3.29. The summed E-state index contributed by atoms with van der Waals surface area (Å²) < 4.78 is 0. The number of aromatic carboxylic acids is 1. The van der Waals surface area contributed by atoms with Gasteiger partial charge in [-0.1, -0.05) is 18.0 Å². The van der Waals surface area contributed by atoms with Crippen molar-refractivity contribution in [3.05, 3.63) is 28.8 Å². The summed E-state index contributed by atoms with van der Waals surface area (Å²) >= 11 is 5.89. The van der Waals surface area contributed by atoms with Gasteiger partial charge in [0.05, 0.1) is 11.3 Å². The lowest BCUT2D eigenvalue weighted by molar-refractivity contribution is 0.0698. The molecule has 1 aromatic carbocycles. The number of carbonyl (C=O) groups is 1. The number of nitrogens with one attached hydrogen (secondary N) is 1. The van der Waals surface area contributed by atoms with E-state index in [1.165, 1.54) is 6.07 Å². The summed E-state index contributed by atoms with van der Waals surface area (Å²) in [4.78, 5) is 11.1. The minimum absolute atomic E-state index is 0.213. The minimum atomic E-state index is -0.954. The SMILES string of the molecule is N[C@H]1CCC[C@H]1CNc1cc(Cl)ccc1C(=O)O. The highest BCUT2D eigenvalue weighted by Gasteiger charge is 2.24. The number of benzene rings is 1. The number of halogens is 1. The maximum absolute atomic E-state index is 11.1. The average Bonchev–Trinajstić information content (AvgIpc) is 2.72. The van der Waals surface area contributed by atoms with E-state index in [2.05, 4.69) is 5.32 Å². The number of hydrogen-bond acceptors (Lipinski definition) is 3. The lowest BCUT2D eigenvalue weighted by Crippen LogP contribution is -2.29. The molecule has 5 heteroatoms. The van der Waals surface area contributed by atoms with Crippen molar-refractivity contribution in [3.63, 3.8) is 0 Å². The molecule has 1 aliphatic carbocycles. The van der Waals surface area contributed by atoms with Gasteiger partial charge in [0.1, 0.15) is 0 Å². The van der Waals surface area contributed by atoms with E-state index < -0.39 is 5.97 Å². The predicted octanol–water partition coefficient (Wildman–Crippen LogP) is 2.58. The van der Waals surface area contributed by atoms with E-state index >= 15 is 0 Å². The molecule has 0 radical (unpaired) electrons. The third kappa shape index (κ3) is 2.94. The molecule has 0 amide bonds. The van der Waals surface area contributed by atoms with Crippen molar-refractivity contribution in [1.29, 1.82) is 0 Å². The summed E-state index contributed by atoms with van der Waals surface area (Å²) in [7, 11) is 0. The Kier molecular flexibility index (Phi) is 4.09. The van der Waals surface area contributed by atoms with Crippen LogP contribution in [0.15, 0.2) is 18.2 Å². The lowest BCUT2D eigenvalue weighted by atomic mass is 10.0. The third-order valence-electron chi connectivity index (χ3n) is 3.48. The molecule has 1 aromatic rings. The van der Waals surface area contributed by atoms with Crippen LogP contribution in [0.25, 0.3) is 0 Å². The number of rotatable bonds is 4. The molecular weight excluding hydrogens is 252 g/mol. The highest BCUT2D eigenvalue weighted by atomic mass is 35.5. The molecule has 4 N–H and O–H groups in total. The second-order valence-electron chi connectivity index (χ2n) is 4.73. The molecule has 0 spiro atoms. The fourth-order valence-electron chi connectivity index (χ4n) is 2.41. The van der Waals surface area contributed by atoms with Crippen molar-refractivity contribution < 1.29 is 9.90 Å². The van der Waals surface area contributed by atoms with Gasteiger partial charge in [-0.05, 0) is 37.0 Å². The van der Waals surface area contributed by atoms with Crippen LogP contribution in [0.1, 0.15) is 29.6 Å². The molecule has 0 heterocycles. The summed E-state index contributed by atoms with van der Waals surface area (Å²) in [5, 5.41) is 12.8. The zero-order valence-electron chi connectivity index (χ0n) is 10.0. The zero-order valence-corrected chi connectivity index (χ0v) is 10.8. The molecule has 0 aromatic heterocycles. The van der Waals surface area contributed by atoms with E-state index in [9.17, 15) is 4.79 Å². The van der Waals surface area contributed by atoms with E-state index in [-0.39, 0.29) is 11.6 Å². The largest absolute Gasteiger partial charge is 0.478 e. The normalized spacial score (nSPS) is 23.0. The number of nitrogens with two attached hydrogens (primary N) is 1. The Labute approximate surface area is 111 Å². The van der Waals surface area contributed by atoms with E-state index in [1.54, 1.807) is 12.1 Å². The second-order valence-corrected chi connectivity index (χ2v) is 5.17. The van der Waals surface area contributed by atoms with Crippen LogP contribution in [-0.4, -0.2) is 23.7 Å². The average molecular weight is 269 g/mol. The third-order valence-corrected chi connectivity index (χ3v) is 3.72. The molecule has 2 atom stereocenters. The number of anilines is 1.